The number of halogens is 1. The van der Waals surface area contributed by atoms with Crippen LogP contribution in [0.5, 0.6) is 5.75 Å². The van der Waals surface area contributed by atoms with Crippen LogP contribution < -0.4 is 4.74 Å². The van der Waals surface area contributed by atoms with Crippen LogP contribution in [0.1, 0.15) is 10.5 Å². The van der Waals surface area contributed by atoms with Crippen molar-refractivity contribution in [2.75, 3.05) is 20.8 Å². The molecule has 0 unspecified atom stereocenters. The second-order valence-electron chi connectivity index (χ2n) is 2.54. The number of ether oxygens (including phenoxy) is 2. The van der Waals surface area contributed by atoms with Gasteiger partial charge in [-0.3, -0.25) is 4.79 Å². The van der Waals surface area contributed by atoms with E-state index in [4.69, 9.17) is 9.47 Å². The molecule has 0 N–H and O–H groups in total. The van der Waals surface area contributed by atoms with Gasteiger partial charge in [0.05, 0.1) is 7.11 Å². The van der Waals surface area contributed by atoms with Gasteiger partial charge in [0, 0.05) is 7.11 Å². The molecule has 0 saturated carbocycles. The lowest BCUT2D eigenvalue weighted by atomic mass is 10.2. The van der Waals surface area contributed by atoms with Crippen molar-refractivity contribution in [1.82, 2.24) is 4.98 Å². The van der Waals surface area contributed by atoms with Crippen molar-refractivity contribution in [1.29, 1.82) is 0 Å². The SMILES string of the molecule is COCC(=O)c1nc(Br)ccc1OC. The van der Waals surface area contributed by atoms with Gasteiger partial charge in [-0.25, -0.2) is 4.98 Å². The number of carbonyl (C=O) groups is 1. The lowest BCUT2D eigenvalue weighted by Crippen LogP contribution is -2.11. The van der Waals surface area contributed by atoms with Gasteiger partial charge in [0.2, 0.25) is 5.78 Å². The van der Waals surface area contributed by atoms with Gasteiger partial charge in [0.15, 0.2) is 5.69 Å². The van der Waals surface area contributed by atoms with E-state index in [1.165, 1.54) is 14.2 Å². The zero-order valence-corrected chi connectivity index (χ0v) is 9.50. The summed E-state index contributed by atoms with van der Waals surface area (Å²) < 4.78 is 10.3. The highest BCUT2D eigenvalue weighted by atomic mass is 79.9. The molecule has 0 spiro atoms. The maximum Gasteiger partial charge on any atom is 0.210 e. The molecule has 0 saturated heterocycles. The van der Waals surface area contributed by atoms with Crippen molar-refractivity contribution in [2.45, 2.75) is 0 Å². The predicted molar refractivity (Wildman–Crippen MR) is 54.7 cm³/mol. The van der Waals surface area contributed by atoms with Crippen molar-refractivity contribution in [3.05, 3.63) is 22.4 Å². The Morgan fingerprint density at radius 1 is 1.50 bits per heavy atom. The molecule has 0 aliphatic carbocycles. The summed E-state index contributed by atoms with van der Waals surface area (Å²) in [5.74, 6) is 0.251. The number of ketones is 1. The molecule has 0 aromatic carbocycles. The summed E-state index contributed by atoms with van der Waals surface area (Å²) in [5, 5.41) is 0. The summed E-state index contributed by atoms with van der Waals surface area (Å²) >= 11 is 3.19. The van der Waals surface area contributed by atoms with Gasteiger partial charge in [0.25, 0.3) is 0 Å². The maximum absolute atomic E-state index is 11.5. The summed E-state index contributed by atoms with van der Waals surface area (Å²) in [6.07, 6.45) is 0. The highest BCUT2D eigenvalue weighted by molar-refractivity contribution is 9.10. The number of carbonyl (C=O) groups excluding carboxylic acids is 1. The minimum absolute atomic E-state index is 0.000185. The summed E-state index contributed by atoms with van der Waals surface area (Å²) in [4.78, 5) is 15.5. The fourth-order valence-electron chi connectivity index (χ4n) is 0.986. The Labute approximate surface area is 90.4 Å². The van der Waals surface area contributed by atoms with Crippen molar-refractivity contribution in [3.63, 3.8) is 0 Å². The molecule has 0 aliphatic heterocycles. The van der Waals surface area contributed by atoms with Crippen LogP contribution >= 0.6 is 15.9 Å². The quantitative estimate of drug-likeness (QED) is 0.610. The van der Waals surface area contributed by atoms with Crippen LogP contribution in [0.3, 0.4) is 0 Å². The van der Waals surface area contributed by atoms with E-state index in [1.807, 2.05) is 0 Å². The van der Waals surface area contributed by atoms with Gasteiger partial charge in [-0.15, -0.1) is 0 Å². The monoisotopic (exact) mass is 259 g/mol. The molecule has 1 aromatic heterocycles. The summed E-state index contributed by atoms with van der Waals surface area (Å²) in [5.41, 5.74) is 0.281. The van der Waals surface area contributed by atoms with Gasteiger partial charge in [-0.2, -0.15) is 0 Å². The van der Waals surface area contributed by atoms with E-state index >= 15 is 0 Å². The van der Waals surface area contributed by atoms with Crippen molar-refractivity contribution >= 4 is 21.7 Å². The molecule has 0 fully saturated rings. The number of hydrogen-bond donors (Lipinski definition) is 0. The topological polar surface area (TPSA) is 48.4 Å². The van der Waals surface area contributed by atoms with Gasteiger partial charge >= 0.3 is 0 Å². The summed E-state index contributed by atoms with van der Waals surface area (Å²) in [7, 11) is 2.96. The predicted octanol–water partition coefficient (Wildman–Crippen LogP) is 1.68. The third-order valence-electron chi connectivity index (χ3n) is 1.58. The number of pyridine rings is 1. The average Bonchev–Trinajstić information content (AvgIpc) is 2.18. The third kappa shape index (κ3) is 2.52. The largest absolute Gasteiger partial charge is 0.494 e. The molecule has 0 aliphatic rings. The standard InChI is InChI=1S/C9H10BrNO3/c1-13-5-6(12)9-7(14-2)3-4-8(10)11-9/h3-4H,5H2,1-2H3. The molecule has 0 bridgehead atoms. The highest BCUT2D eigenvalue weighted by Gasteiger charge is 2.13. The van der Waals surface area contributed by atoms with E-state index in [-0.39, 0.29) is 18.1 Å². The van der Waals surface area contributed by atoms with Gasteiger partial charge in [0.1, 0.15) is 17.0 Å². The lowest BCUT2D eigenvalue weighted by molar-refractivity contribution is 0.0839. The van der Waals surface area contributed by atoms with Crippen molar-refractivity contribution in [2.24, 2.45) is 0 Å². The smallest absolute Gasteiger partial charge is 0.210 e. The number of aromatic nitrogens is 1. The van der Waals surface area contributed by atoms with Gasteiger partial charge in [-0.1, -0.05) is 0 Å². The number of hydrogen-bond acceptors (Lipinski definition) is 4. The molecule has 1 rings (SSSR count). The van der Waals surface area contributed by atoms with E-state index in [2.05, 4.69) is 20.9 Å². The Hall–Kier alpha value is -0.940. The number of methoxy groups -OCH3 is 2. The minimum atomic E-state index is -0.203. The van der Waals surface area contributed by atoms with Crippen LogP contribution in [0.25, 0.3) is 0 Å². The van der Waals surface area contributed by atoms with E-state index in [9.17, 15) is 4.79 Å². The molecule has 76 valence electrons. The first-order valence-electron chi connectivity index (χ1n) is 3.91. The minimum Gasteiger partial charge on any atom is -0.494 e. The molecule has 1 aromatic rings. The van der Waals surface area contributed by atoms with E-state index in [0.717, 1.165) is 0 Å². The van der Waals surface area contributed by atoms with E-state index < -0.39 is 0 Å². The second-order valence-corrected chi connectivity index (χ2v) is 3.35. The molecule has 0 amide bonds. The van der Waals surface area contributed by atoms with Crippen molar-refractivity contribution < 1.29 is 14.3 Å². The van der Waals surface area contributed by atoms with Gasteiger partial charge in [-0.05, 0) is 28.1 Å². The fraction of sp³-hybridized carbons (Fsp3) is 0.333. The molecule has 14 heavy (non-hydrogen) atoms. The van der Waals surface area contributed by atoms with Crippen LogP contribution in [0.4, 0.5) is 0 Å². The van der Waals surface area contributed by atoms with Gasteiger partial charge < -0.3 is 9.47 Å². The molecule has 4 nitrogen and oxygen atoms in total. The average molecular weight is 260 g/mol. The Morgan fingerprint density at radius 3 is 2.79 bits per heavy atom. The number of Topliss-reactive ketones (excluding diaryl/α,β-unsaturated/α-hetero) is 1. The highest BCUT2D eigenvalue weighted by Crippen LogP contribution is 2.19. The van der Waals surface area contributed by atoms with E-state index in [1.54, 1.807) is 12.1 Å². The maximum atomic E-state index is 11.5. The fourth-order valence-corrected chi connectivity index (χ4v) is 1.30. The van der Waals surface area contributed by atoms with E-state index in [0.29, 0.717) is 10.4 Å². The molecule has 0 atom stereocenters. The Kier molecular flexibility index (Phi) is 4.03. The molecule has 1 heterocycles. The molecule has 0 radical (unpaired) electrons. The molecular weight excluding hydrogens is 250 g/mol. The summed E-state index contributed by atoms with van der Waals surface area (Å²) in [6, 6.07) is 3.39. The Morgan fingerprint density at radius 2 is 2.21 bits per heavy atom. The Balaban J connectivity index is 3.03. The molecular formula is C9H10BrNO3. The first-order valence-corrected chi connectivity index (χ1v) is 4.71. The third-order valence-corrected chi connectivity index (χ3v) is 2.03. The Bertz CT molecular complexity index is 341. The first kappa shape index (κ1) is 11.1. The summed E-state index contributed by atoms with van der Waals surface area (Å²) in [6.45, 7) is -0.000185. The second kappa shape index (κ2) is 5.07. The number of rotatable bonds is 4. The molecule has 5 heteroatoms. The van der Waals surface area contributed by atoms with Crippen LogP contribution in [-0.4, -0.2) is 31.6 Å². The van der Waals surface area contributed by atoms with Crippen LogP contribution in [0, 0.1) is 0 Å². The zero-order chi connectivity index (χ0) is 10.6. The zero-order valence-electron chi connectivity index (χ0n) is 7.91. The first-order chi connectivity index (χ1) is 6.69. The lowest BCUT2D eigenvalue weighted by Gasteiger charge is -2.05. The van der Waals surface area contributed by atoms with Crippen LogP contribution in [0.2, 0.25) is 0 Å². The van der Waals surface area contributed by atoms with Crippen LogP contribution in [0.15, 0.2) is 16.7 Å². The number of nitrogens with zero attached hydrogens (tertiary/aromatic N) is 1. The normalized spacial score (nSPS) is 9.93. The van der Waals surface area contributed by atoms with Crippen molar-refractivity contribution in [3.8, 4) is 5.75 Å². The van der Waals surface area contributed by atoms with Crippen LogP contribution in [-0.2, 0) is 4.74 Å².